The van der Waals surface area contributed by atoms with Crippen molar-refractivity contribution in [1.82, 2.24) is 4.90 Å². The van der Waals surface area contributed by atoms with Gasteiger partial charge in [-0.1, -0.05) is 23.7 Å². The van der Waals surface area contributed by atoms with Gasteiger partial charge in [-0.25, -0.2) is 0 Å². The fourth-order valence-corrected chi connectivity index (χ4v) is 2.53. The van der Waals surface area contributed by atoms with Gasteiger partial charge in [0, 0.05) is 26.2 Å². The van der Waals surface area contributed by atoms with Crippen molar-refractivity contribution in [2.24, 2.45) is 5.73 Å². The Hall–Kier alpha value is -1.10. The van der Waals surface area contributed by atoms with E-state index in [1.54, 1.807) is 11.0 Å². The van der Waals surface area contributed by atoms with Crippen LogP contribution >= 0.6 is 11.6 Å². The molecule has 1 aromatic carbocycles. The molecule has 2 rings (SSSR count). The highest BCUT2D eigenvalue weighted by Crippen LogP contribution is 2.27. The zero-order chi connectivity index (χ0) is 13.1. The van der Waals surface area contributed by atoms with Crippen molar-refractivity contribution in [3.8, 4) is 0 Å². The van der Waals surface area contributed by atoms with E-state index < -0.39 is 0 Å². The van der Waals surface area contributed by atoms with Crippen LogP contribution in [-0.2, 0) is 4.79 Å². The average molecular weight is 268 g/mol. The van der Waals surface area contributed by atoms with Gasteiger partial charge in [0.1, 0.15) is 0 Å². The van der Waals surface area contributed by atoms with Crippen LogP contribution < -0.4 is 10.6 Å². The maximum absolute atomic E-state index is 12.3. The Bertz CT molecular complexity index is 438. The lowest BCUT2D eigenvalue weighted by atomic mass is 10.1. The van der Waals surface area contributed by atoms with Crippen LogP contribution in [0.3, 0.4) is 0 Å². The van der Waals surface area contributed by atoms with Gasteiger partial charge in [-0.15, -0.1) is 0 Å². The number of benzene rings is 1. The normalized spacial score (nSPS) is 21.4. The van der Waals surface area contributed by atoms with E-state index in [-0.39, 0.29) is 11.9 Å². The molecule has 2 N–H and O–H groups in total. The summed E-state index contributed by atoms with van der Waals surface area (Å²) in [5, 5.41) is 0.616. The summed E-state index contributed by atoms with van der Waals surface area (Å²) in [5.41, 5.74) is 6.34. The zero-order valence-corrected chi connectivity index (χ0v) is 11.2. The van der Waals surface area contributed by atoms with E-state index in [9.17, 15) is 4.79 Å². The summed E-state index contributed by atoms with van der Waals surface area (Å²) in [7, 11) is 0. The van der Waals surface area contributed by atoms with Crippen molar-refractivity contribution in [3.05, 3.63) is 29.3 Å². The number of hydrogen-bond acceptors (Lipinski definition) is 3. The number of hydrogen-bond donors (Lipinski definition) is 1. The van der Waals surface area contributed by atoms with Crippen molar-refractivity contribution in [3.63, 3.8) is 0 Å². The number of carbonyl (C=O) groups excluding carboxylic acids is 1. The number of nitrogens with two attached hydrogens (primary N) is 1. The molecule has 1 saturated heterocycles. The van der Waals surface area contributed by atoms with Crippen molar-refractivity contribution in [2.45, 2.75) is 13.0 Å². The summed E-state index contributed by atoms with van der Waals surface area (Å²) < 4.78 is 0. The maximum atomic E-state index is 12.3. The van der Waals surface area contributed by atoms with E-state index in [1.807, 2.05) is 25.1 Å². The van der Waals surface area contributed by atoms with Crippen LogP contribution in [0, 0.1) is 0 Å². The van der Waals surface area contributed by atoms with Crippen LogP contribution in [0.1, 0.15) is 6.92 Å². The molecule has 1 aromatic rings. The number of para-hydroxylation sites is 1. The summed E-state index contributed by atoms with van der Waals surface area (Å²) in [6.45, 7) is 4.73. The number of piperazine rings is 1. The zero-order valence-electron chi connectivity index (χ0n) is 10.5. The van der Waals surface area contributed by atoms with Crippen LogP contribution in [0.25, 0.3) is 0 Å². The number of carbonyl (C=O) groups is 1. The Morgan fingerprint density at radius 3 is 2.78 bits per heavy atom. The highest BCUT2D eigenvalue weighted by Gasteiger charge is 2.32. The molecule has 0 aliphatic carbocycles. The molecule has 1 aliphatic heterocycles. The number of nitrogens with zero attached hydrogens (tertiary/aromatic N) is 2. The van der Waals surface area contributed by atoms with E-state index in [0.29, 0.717) is 18.1 Å². The molecule has 18 heavy (non-hydrogen) atoms. The largest absolute Gasteiger partial charge is 0.329 e. The fourth-order valence-electron chi connectivity index (χ4n) is 2.30. The van der Waals surface area contributed by atoms with Gasteiger partial charge in [-0.05, 0) is 19.1 Å². The molecule has 0 radical (unpaired) electrons. The molecular weight excluding hydrogens is 250 g/mol. The minimum atomic E-state index is -0.140. The second-order valence-corrected chi connectivity index (χ2v) is 4.85. The summed E-state index contributed by atoms with van der Waals surface area (Å²) in [4.78, 5) is 16.2. The van der Waals surface area contributed by atoms with Crippen LogP contribution in [0.4, 0.5) is 5.69 Å². The molecule has 1 fully saturated rings. The molecule has 0 aromatic heterocycles. The fraction of sp³-hybridized carbons (Fsp3) is 0.462. The molecule has 1 amide bonds. The molecule has 0 saturated carbocycles. The molecule has 0 spiro atoms. The third-order valence-electron chi connectivity index (χ3n) is 3.34. The Morgan fingerprint density at radius 2 is 2.11 bits per heavy atom. The predicted octanol–water partition coefficient (Wildman–Crippen LogP) is 1.34. The van der Waals surface area contributed by atoms with Crippen molar-refractivity contribution in [1.29, 1.82) is 0 Å². The Morgan fingerprint density at radius 1 is 1.39 bits per heavy atom. The van der Waals surface area contributed by atoms with E-state index >= 15 is 0 Å². The Balaban J connectivity index is 2.18. The molecule has 1 unspecified atom stereocenters. The Labute approximate surface area is 112 Å². The minimum Gasteiger partial charge on any atom is -0.329 e. The number of amides is 1. The third-order valence-corrected chi connectivity index (χ3v) is 3.66. The van der Waals surface area contributed by atoms with Gasteiger partial charge in [-0.2, -0.15) is 0 Å². The van der Waals surface area contributed by atoms with Gasteiger partial charge in [-0.3, -0.25) is 9.69 Å². The molecule has 4 nitrogen and oxygen atoms in total. The van der Waals surface area contributed by atoms with Gasteiger partial charge in [0.05, 0.1) is 16.8 Å². The quantitative estimate of drug-likeness (QED) is 0.899. The monoisotopic (exact) mass is 267 g/mol. The number of rotatable bonds is 3. The van der Waals surface area contributed by atoms with E-state index in [4.69, 9.17) is 17.3 Å². The Kier molecular flexibility index (Phi) is 4.22. The SMILES string of the molecule is CC1C(=O)N(c2ccccc2Cl)CCN1CCN. The maximum Gasteiger partial charge on any atom is 0.244 e. The van der Waals surface area contributed by atoms with Crippen molar-refractivity contribution < 1.29 is 4.79 Å². The van der Waals surface area contributed by atoms with Crippen LogP contribution in [0.2, 0.25) is 5.02 Å². The summed E-state index contributed by atoms with van der Waals surface area (Å²) in [5.74, 6) is 0.0859. The molecule has 1 atom stereocenters. The first-order valence-corrected chi connectivity index (χ1v) is 6.53. The van der Waals surface area contributed by atoms with Gasteiger partial charge in [0.2, 0.25) is 5.91 Å². The first kappa shape index (κ1) is 13.3. The second-order valence-electron chi connectivity index (χ2n) is 4.44. The predicted molar refractivity (Wildman–Crippen MR) is 73.9 cm³/mol. The first-order valence-electron chi connectivity index (χ1n) is 6.15. The van der Waals surface area contributed by atoms with E-state index in [1.165, 1.54) is 0 Å². The van der Waals surface area contributed by atoms with Crippen LogP contribution in [-0.4, -0.2) is 43.0 Å². The van der Waals surface area contributed by atoms with E-state index in [2.05, 4.69) is 4.90 Å². The second kappa shape index (κ2) is 5.69. The minimum absolute atomic E-state index is 0.0859. The molecule has 5 heteroatoms. The van der Waals surface area contributed by atoms with Gasteiger partial charge in [0.15, 0.2) is 0 Å². The summed E-state index contributed by atoms with van der Waals surface area (Å²) in [6.07, 6.45) is 0. The van der Waals surface area contributed by atoms with Crippen molar-refractivity contribution in [2.75, 3.05) is 31.1 Å². The molecule has 98 valence electrons. The highest BCUT2D eigenvalue weighted by molar-refractivity contribution is 6.33. The topological polar surface area (TPSA) is 49.6 Å². The molecule has 0 bridgehead atoms. The third kappa shape index (κ3) is 2.51. The number of halogens is 1. The van der Waals surface area contributed by atoms with Crippen LogP contribution in [0.5, 0.6) is 0 Å². The lowest BCUT2D eigenvalue weighted by Gasteiger charge is -2.39. The average Bonchev–Trinajstić information content (AvgIpc) is 2.37. The van der Waals surface area contributed by atoms with Gasteiger partial charge >= 0.3 is 0 Å². The summed E-state index contributed by atoms with van der Waals surface area (Å²) in [6, 6.07) is 7.31. The standard InChI is InChI=1S/C13H18ClN3O/c1-10-13(18)17(9-8-16(10)7-6-15)12-5-3-2-4-11(12)14/h2-5,10H,6-9,15H2,1H3. The van der Waals surface area contributed by atoms with Crippen molar-refractivity contribution >= 4 is 23.2 Å². The molecule has 1 heterocycles. The molecule has 1 aliphatic rings. The van der Waals surface area contributed by atoms with Gasteiger partial charge < -0.3 is 10.6 Å². The number of anilines is 1. The summed E-state index contributed by atoms with van der Waals surface area (Å²) >= 11 is 6.14. The van der Waals surface area contributed by atoms with E-state index in [0.717, 1.165) is 18.8 Å². The first-order chi connectivity index (χ1) is 8.65. The molecular formula is C13H18ClN3O. The lowest BCUT2D eigenvalue weighted by Crippen LogP contribution is -2.57. The highest BCUT2D eigenvalue weighted by atomic mass is 35.5. The van der Waals surface area contributed by atoms with Crippen LogP contribution in [0.15, 0.2) is 24.3 Å². The lowest BCUT2D eigenvalue weighted by molar-refractivity contribution is -0.125. The smallest absolute Gasteiger partial charge is 0.244 e. The van der Waals surface area contributed by atoms with Gasteiger partial charge in [0.25, 0.3) is 0 Å².